The molecule has 0 fully saturated rings. The fourth-order valence-corrected chi connectivity index (χ4v) is 1.63. The summed E-state index contributed by atoms with van der Waals surface area (Å²) in [7, 11) is 1.67. The largest absolute Gasteiger partial charge is 0.497 e. The molecule has 4 nitrogen and oxygen atoms in total. The second kappa shape index (κ2) is 5.50. The van der Waals surface area contributed by atoms with Gasteiger partial charge in [0.25, 0.3) is 0 Å². The zero-order valence-electron chi connectivity index (χ0n) is 10.1. The van der Waals surface area contributed by atoms with Crippen molar-refractivity contribution in [3.63, 3.8) is 0 Å². The lowest BCUT2D eigenvalue weighted by atomic mass is 10.2. The molecule has 17 heavy (non-hydrogen) atoms. The molecule has 0 amide bonds. The Kier molecular flexibility index (Phi) is 3.77. The third-order valence-corrected chi connectivity index (χ3v) is 2.76. The number of rotatable bonds is 5. The maximum absolute atomic E-state index is 5.12. The van der Waals surface area contributed by atoms with Gasteiger partial charge in [0, 0.05) is 18.8 Å². The highest BCUT2D eigenvalue weighted by molar-refractivity contribution is 5.27. The lowest BCUT2D eigenvalue weighted by molar-refractivity contribution is 0.414. The van der Waals surface area contributed by atoms with Gasteiger partial charge >= 0.3 is 0 Å². The van der Waals surface area contributed by atoms with Crippen LogP contribution in [0.15, 0.2) is 36.5 Å². The first-order valence-electron chi connectivity index (χ1n) is 5.65. The molecule has 0 bridgehead atoms. The van der Waals surface area contributed by atoms with Crippen LogP contribution in [-0.4, -0.2) is 17.3 Å². The molecule has 0 aliphatic carbocycles. The number of benzene rings is 1. The fourth-order valence-electron chi connectivity index (χ4n) is 1.63. The molecule has 2 N–H and O–H groups in total. The summed E-state index contributed by atoms with van der Waals surface area (Å²) in [6, 6.07) is 10.3. The molecule has 0 radical (unpaired) electrons. The first-order valence-corrected chi connectivity index (χ1v) is 5.65. The number of aromatic amines is 1. The molecule has 0 spiro atoms. The van der Waals surface area contributed by atoms with Crippen molar-refractivity contribution >= 4 is 0 Å². The van der Waals surface area contributed by atoms with Gasteiger partial charge in [0.2, 0.25) is 0 Å². The minimum absolute atomic E-state index is 0.264. The van der Waals surface area contributed by atoms with Crippen LogP contribution < -0.4 is 10.1 Å². The van der Waals surface area contributed by atoms with Crippen LogP contribution in [0.5, 0.6) is 5.75 Å². The summed E-state index contributed by atoms with van der Waals surface area (Å²) in [5.41, 5.74) is 2.33. The summed E-state index contributed by atoms with van der Waals surface area (Å²) in [6.07, 6.45) is 1.76. The van der Waals surface area contributed by atoms with Crippen molar-refractivity contribution < 1.29 is 4.74 Å². The first-order chi connectivity index (χ1) is 8.29. The van der Waals surface area contributed by atoms with E-state index in [9.17, 15) is 0 Å². The summed E-state index contributed by atoms with van der Waals surface area (Å²) >= 11 is 0. The Hall–Kier alpha value is -1.81. The molecule has 2 rings (SSSR count). The van der Waals surface area contributed by atoms with Crippen molar-refractivity contribution in [2.45, 2.75) is 19.5 Å². The van der Waals surface area contributed by atoms with Crippen molar-refractivity contribution in [3.8, 4) is 5.75 Å². The molecule has 1 aromatic heterocycles. The molecule has 1 atom stereocenters. The standard InChI is InChI=1S/C13H17N3O/c1-10(13-7-8-15-16-13)14-9-11-3-5-12(17-2)6-4-11/h3-8,10,14H,9H2,1-2H3,(H,15,16). The minimum atomic E-state index is 0.264. The summed E-state index contributed by atoms with van der Waals surface area (Å²) in [5, 5.41) is 10.3. The zero-order valence-corrected chi connectivity index (χ0v) is 10.1. The monoisotopic (exact) mass is 231 g/mol. The van der Waals surface area contributed by atoms with Crippen LogP contribution in [-0.2, 0) is 6.54 Å². The van der Waals surface area contributed by atoms with Crippen LogP contribution in [0.1, 0.15) is 24.2 Å². The second-order valence-corrected chi connectivity index (χ2v) is 3.96. The number of nitrogens with zero attached hydrogens (tertiary/aromatic N) is 1. The Morgan fingerprint density at radius 3 is 2.65 bits per heavy atom. The summed E-state index contributed by atoms with van der Waals surface area (Å²) < 4.78 is 5.12. The Balaban J connectivity index is 1.89. The molecule has 1 unspecified atom stereocenters. The number of ether oxygens (including phenoxy) is 1. The van der Waals surface area contributed by atoms with Crippen molar-refractivity contribution in [1.29, 1.82) is 0 Å². The lowest BCUT2D eigenvalue weighted by Gasteiger charge is -2.12. The molecule has 0 saturated heterocycles. The highest BCUT2D eigenvalue weighted by Crippen LogP contribution is 2.13. The van der Waals surface area contributed by atoms with Gasteiger partial charge in [-0.05, 0) is 30.7 Å². The third-order valence-electron chi connectivity index (χ3n) is 2.76. The molecule has 0 saturated carbocycles. The number of aromatic nitrogens is 2. The Labute approximate surface area is 101 Å². The van der Waals surface area contributed by atoms with Crippen molar-refractivity contribution in [2.24, 2.45) is 0 Å². The molecular weight excluding hydrogens is 214 g/mol. The molecular formula is C13H17N3O. The van der Waals surface area contributed by atoms with E-state index in [0.717, 1.165) is 18.0 Å². The average Bonchev–Trinajstić information content (AvgIpc) is 2.90. The van der Waals surface area contributed by atoms with E-state index in [1.54, 1.807) is 13.3 Å². The van der Waals surface area contributed by atoms with Crippen molar-refractivity contribution in [1.82, 2.24) is 15.5 Å². The predicted octanol–water partition coefficient (Wildman–Crippen LogP) is 2.27. The molecule has 1 heterocycles. The molecule has 0 aliphatic heterocycles. The van der Waals surface area contributed by atoms with Crippen molar-refractivity contribution in [3.05, 3.63) is 47.8 Å². The van der Waals surface area contributed by atoms with E-state index in [0.29, 0.717) is 0 Å². The van der Waals surface area contributed by atoms with E-state index in [1.807, 2.05) is 18.2 Å². The minimum Gasteiger partial charge on any atom is -0.497 e. The number of methoxy groups -OCH3 is 1. The van der Waals surface area contributed by atoms with Gasteiger partial charge < -0.3 is 10.1 Å². The fraction of sp³-hybridized carbons (Fsp3) is 0.308. The molecule has 0 aliphatic rings. The maximum Gasteiger partial charge on any atom is 0.118 e. The predicted molar refractivity (Wildman–Crippen MR) is 66.8 cm³/mol. The van der Waals surface area contributed by atoms with Crippen LogP contribution in [0.4, 0.5) is 0 Å². The van der Waals surface area contributed by atoms with Crippen LogP contribution in [0.3, 0.4) is 0 Å². The topological polar surface area (TPSA) is 49.9 Å². The SMILES string of the molecule is COc1ccc(CNC(C)c2ccn[nH]2)cc1. The molecule has 4 heteroatoms. The number of nitrogens with one attached hydrogen (secondary N) is 2. The smallest absolute Gasteiger partial charge is 0.118 e. The summed E-state index contributed by atoms with van der Waals surface area (Å²) in [6.45, 7) is 2.93. The summed E-state index contributed by atoms with van der Waals surface area (Å²) in [5.74, 6) is 0.885. The van der Waals surface area contributed by atoms with Crippen LogP contribution in [0, 0.1) is 0 Å². The van der Waals surface area contributed by atoms with E-state index in [-0.39, 0.29) is 6.04 Å². The van der Waals surface area contributed by atoms with E-state index in [1.165, 1.54) is 5.56 Å². The molecule has 90 valence electrons. The highest BCUT2D eigenvalue weighted by Gasteiger charge is 2.05. The van der Waals surface area contributed by atoms with E-state index >= 15 is 0 Å². The van der Waals surface area contributed by atoms with Gasteiger partial charge in [-0.15, -0.1) is 0 Å². The van der Waals surface area contributed by atoms with Gasteiger partial charge in [-0.25, -0.2) is 0 Å². The van der Waals surface area contributed by atoms with Gasteiger partial charge in [-0.3, -0.25) is 5.10 Å². The number of H-pyrrole nitrogens is 1. The quantitative estimate of drug-likeness (QED) is 0.830. The van der Waals surface area contributed by atoms with Crippen LogP contribution in [0.25, 0.3) is 0 Å². The number of hydrogen-bond acceptors (Lipinski definition) is 3. The van der Waals surface area contributed by atoms with E-state index in [4.69, 9.17) is 4.74 Å². The van der Waals surface area contributed by atoms with Gasteiger partial charge in [-0.1, -0.05) is 12.1 Å². The van der Waals surface area contributed by atoms with Gasteiger partial charge in [0.1, 0.15) is 5.75 Å². The average molecular weight is 231 g/mol. The maximum atomic E-state index is 5.12. The lowest BCUT2D eigenvalue weighted by Crippen LogP contribution is -2.18. The van der Waals surface area contributed by atoms with E-state index < -0.39 is 0 Å². The van der Waals surface area contributed by atoms with Crippen molar-refractivity contribution in [2.75, 3.05) is 7.11 Å². The van der Waals surface area contributed by atoms with Crippen LogP contribution >= 0.6 is 0 Å². The Morgan fingerprint density at radius 1 is 1.29 bits per heavy atom. The third kappa shape index (κ3) is 3.07. The summed E-state index contributed by atoms with van der Waals surface area (Å²) in [4.78, 5) is 0. The normalized spacial score (nSPS) is 12.4. The van der Waals surface area contributed by atoms with Gasteiger partial charge in [-0.2, -0.15) is 5.10 Å². The van der Waals surface area contributed by atoms with Gasteiger partial charge in [0.05, 0.1) is 12.8 Å². The zero-order chi connectivity index (χ0) is 12.1. The number of hydrogen-bond donors (Lipinski definition) is 2. The van der Waals surface area contributed by atoms with E-state index in [2.05, 4.69) is 34.6 Å². The second-order valence-electron chi connectivity index (χ2n) is 3.96. The molecule has 1 aromatic carbocycles. The van der Waals surface area contributed by atoms with Gasteiger partial charge in [0.15, 0.2) is 0 Å². The van der Waals surface area contributed by atoms with Crippen LogP contribution in [0.2, 0.25) is 0 Å². The Morgan fingerprint density at radius 2 is 2.06 bits per heavy atom. The highest BCUT2D eigenvalue weighted by atomic mass is 16.5. The Bertz CT molecular complexity index is 436. The molecule has 2 aromatic rings. The first kappa shape index (κ1) is 11.7.